The van der Waals surface area contributed by atoms with Gasteiger partial charge in [0.05, 0.1) is 0 Å². The fourth-order valence-corrected chi connectivity index (χ4v) is 1.94. The second kappa shape index (κ2) is 5.27. The lowest BCUT2D eigenvalue weighted by Crippen LogP contribution is -1.95. The summed E-state index contributed by atoms with van der Waals surface area (Å²) in [6, 6.07) is 15.8. The third-order valence-corrected chi connectivity index (χ3v) is 3.17. The van der Waals surface area contributed by atoms with Crippen LogP contribution in [0.3, 0.4) is 0 Å². The van der Waals surface area contributed by atoms with E-state index in [0.29, 0.717) is 18.3 Å². The van der Waals surface area contributed by atoms with Crippen molar-refractivity contribution in [3.63, 3.8) is 0 Å². The van der Waals surface area contributed by atoms with Crippen molar-refractivity contribution in [3.05, 3.63) is 59.7 Å². The van der Waals surface area contributed by atoms with Gasteiger partial charge in [-0.25, -0.2) is 0 Å². The van der Waals surface area contributed by atoms with Gasteiger partial charge in [-0.1, -0.05) is 47.1 Å². The van der Waals surface area contributed by atoms with Crippen molar-refractivity contribution in [1.82, 2.24) is 10.1 Å². The number of rotatable bonds is 3. The van der Waals surface area contributed by atoms with Gasteiger partial charge < -0.3 is 10.3 Å². The molecule has 0 aliphatic carbocycles. The van der Waals surface area contributed by atoms with Crippen molar-refractivity contribution in [2.45, 2.75) is 13.5 Å². The Morgan fingerprint density at radius 2 is 1.60 bits per heavy atom. The Hall–Kier alpha value is -2.46. The molecular formula is C16H15N3O. The predicted molar refractivity (Wildman–Crippen MR) is 77.8 cm³/mol. The maximum Gasteiger partial charge on any atom is 0.258 e. The minimum atomic E-state index is 0.518. The maximum absolute atomic E-state index is 5.58. The van der Waals surface area contributed by atoms with Crippen molar-refractivity contribution in [1.29, 1.82) is 0 Å². The lowest BCUT2D eigenvalue weighted by Gasteiger charge is -1.97. The van der Waals surface area contributed by atoms with Gasteiger partial charge in [-0.2, -0.15) is 4.98 Å². The molecule has 1 aromatic heterocycles. The van der Waals surface area contributed by atoms with Gasteiger partial charge >= 0.3 is 0 Å². The van der Waals surface area contributed by atoms with Crippen molar-refractivity contribution in [2.75, 3.05) is 0 Å². The van der Waals surface area contributed by atoms with Crippen molar-refractivity contribution in [3.8, 4) is 22.8 Å². The Morgan fingerprint density at radius 3 is 2.25 bits per heavy atom. The molecule has 20 heavy (non-hydrogen) atoms. The number of hydrogen-bond donors (Lipinski definition) is 1. The molecule has 0 radical (unpaired) electrons. The van der Waals surface area contributed by atoms with Gasteiger partial charge in [0.2, 0.25) is 5.82 Å². The standard InChI is InChI=1S/C16H15N3O/c1-11-2-6-13(7-3-11)15-18-16(20-19-15)14-8-4-12(10-17)5-9-14/h2-9H,10,17H2,1H3. The molecule has 3 rings (SSSR count). The summed E-state index contributed by atoms with van der Waals surface area (Å²) in [7, 11) is 0. The summed E-state index contributed by atoms with van der Waals surface area (Å²) in [6.07, 6.45) is 0. The van der Waals surface area contributed by atoms with Gasteiger partial charge in [0.25, 0.3) is 5.89 Å². The molecule has 0 aliphatic heterocycles. The van der Waals surface area contributed by atoms with E-state index in [2.05, 4.69) is 10.1 Å². The minimum absolute atomic E-state index is 0.518. The molecule has 0 spiro atoms. The van der Waals surface area contributed by atoms with E-state index in [4.69, 9.17) is 10.3 Å². The molecule has 2 aromatic carbocycles. The summed E-state index contributed by atoms with van der Waals surface area (Å²) in [4.78, 5) is 4.43. The van der Waals surface area contributed by atoms with Gasteiger partial charge in [0.15, 0.2) is 0 Å². The van der Waals surface area contributed by atoms with Crippen LogP contribution < -0.4 is 5.73 Å². The van der Waals surface area contributed by atoms with Gasteiger partial charge in [0.1, 0.15) is 0 Å². The lowest BCUT2D eigenvalue weighted by atomic mass is 10.1. The average molecular weight is 265 g/mol. The Labute approximate surface area is 117 Å². The molecule has 0 amide bonds. The Kier molecular flexibility index (Phi) is 3.31. The smallest absolute Gasteiger partial charge is 0.258 e. The molecule has 4 heteroatoms. The molecule has 1 heterocycles. The highest BCUT2D eigenvalue weighted by atomic mass is 16.5. The monoisotopic (exact) mass is 265 g/mol. The number of benzene rings is 2. The highest BCUT2D eigenvalue weighted by Gasteiger charge is 2.10. The van der Waals surface area contributed by atoms with Crippen LogP contribution in [0.25, 0.3) is 22.8 Å². The van der Waals surface area contributed by atoms with E-state index >= 15 is 0 Å². The number of nitrogens with zero attached hydrogens (tertiary/aromatic N) is 2. The second-order valence-corrected chi connectivity index (χ2v) is 4.69. The van der Waals surface area contributed by atoms with E-state index in [-0.39, 0.29) is 0 Å². The van der Waals surface area contributed by atoms with Crippen LogP contribution >= 0.6 is 0 Å². The number of aryl methyl sites for hydroxylation is 1. The highest BCUT2D eigenvalue weighted by molar-refractivity contribution is 5.60. The molecular weight excluding hydrogens is 250 g/mol. The quantitative estimate of drug-likeness (QED) is 0.790. The van der Waals surface area contributed by atoms with Crippen LogP contribution in [0.1, 0.15) is 11.1 Å². The fourth-order valence-electron chi connectivity index (χ4n) is 1.94. The molecule has 2 N–H and O–H groups in total. The summed E-state index contributed by atoms with van der Waals surface area (Å²) in [5, 5.41) is 4.02. The molecule has 0 saturated carbocycles. The van der Waals surface area contributed by atoms with Crippen molar-refractivity contribution in [2.24, 2.45) is 5.73 Å². The first-order valence-electron chi connectivity index (χ1n) is 6.46. The third kappa shape index (κ3) is 2.46. The zero-order chi connectivity index (χ0) is 13.9. The van der Waals surface area contributed by atoms with Crippen LogP contribution in [-0.2, 0) is 6.54 Å². The summed E-state index contributed by atoms with van der Waals surface area (Å²) in [6.45, 7) is 2.57. The van der Waals surface area contributed by atoms with Crippen molar-refractivity contribution >= 4 is 0 Å². The largest absolute Gasteiger partial charge is 0.334 e. The van der Waals surface area contributed by atoms with Gasteiger partial charge in [0, 0.05) is 17.7 Å². The second-order valence-electron chi connectivity index (χ2n) is 4.69. The lowest BCUT2D eigenvalue weighted by molar-refractivity contribution is 0.432. The zero-order valence-electron chi connectivity index (χ0n) is 11.2. The van der Waals surface area contributed by atoms with Crippen molar-refractivity contribution < 1.29 is 4.52 Å². The molecule has 0 bridgehead atoms. The van der Waals surface area contributed by atoms with E-state index in [1.165, 1.54) is 5.56 Å². The Morgan fingerprint density at radius 1 is 0.950 bits per heavy atom. The van der Waals surface area contributed by atoms with Crippen LogP contribution in [0.5, 0.6) is 0 Å². The van der Waals surface area contributed by atoms with Crippen LogP contribution in [0.2, 0.25) is 0 Å². The van der Waals surface area contributed by atoms with Gasteiger partial charge in [-0.05, 0) is 24.6 Å². The summed E-state index contributed by atoms with van der Waals surface area (Å²) in [5.74, 6) is 1.12. The van der Waals surface area contributed by atoms with Crippen LogP contribution in [0, 0.1) is 6.92 Å². The summed E-state index contributed by atoms with van der Waals surface area (Å²) in [5.41, 5.74) is 9.70. The molecule has 3 aromatic rings. The highest BCUT2D eigenvalue weighted by Crippen LogP contribution is 2.22. The first-order chi connectivity index (χ1) is 9.76. The molecule has 0 fully saturated rings. The van der Waals surface area contributed by atoms with Crippen LogP contribution in [0.15, 0.2) is 53.1 Å². The molecule has 100 valence electrons. The summed E-state index contributed by atoms with van der Waals surface area (Å²) >= 11 is 0. The normalized spacial score (nSPS) is 10.7. The molecule has 0 unspecified atom stereocenters. The Bertz CT molecular complexity index is 699. The van der Waals surface area contributed by atoms with Gasteiger partial charge in [-0.3, -0.25) is 0 Å². The SMILES string of the molecule is Cc1ccc(-c2noc(-c3ccc(CN)cc3)n2)cc1. The van der Waals surface area contributed by atoms with E-state index in [1.54, 1.807) is 0 Å². The van der Waals surface area contributed by atoms with E-state index in [9.17, 15) is 0 Å². The number of nitrogens with two attached hydrogens (primary N) is 1. The van der Waals surface area contributed by atoms with Gasteiger partial charge in [-0.15, -0.1) is 0 Å². The number of hydrogen-bond acceptors (Lipinski definition) is 4. The topological polar surface area (TPSA) is 64.9 Å². The predicted octanol–water partition coefficient (Wildman–Crippen LogP) is 3.17. The summed E-state index contributed by atoms with van der Waals surface area (Å²) < 4.78 is 5.32. The third-order valence-electron chi connectivity index (χ3n) is 3.17. The first kappa shape index (κ1) is 12.6. The Balaban J connectivity index is 1.91. The van der Waals surface area contributed by atoms with E-state index in [0.717, 1.165) is 16.7 Å². The molecule has 4 nitrogen and oxygen atoms in total. The fraction of sp³-hybridized carbons (Fsp3) is 0.125. The van der Waals surface area contributed by atoms with E-state index in [1.807, 2.05) is 55.5 Å². The van der Waals surface area contributed by atoms with Crippen LogP contribution in [-0.4, -0.2) is 10.1 Å². The zero-order valence-corrected chi connectivity index (χ0v) is 11.2. The van der Waals surface area contributed by atoms with E-state index < -0.39 is 0 Å². The molecule has 0 atom stereocenters. The molecule has 0 saturated heterocycles. The van der Waals surface area contributed by atoms with Crippen LogP contribution in [0.4, 0.5) is 0 Å². The minimum Gasteiger partial charge on any atom is -0.334 e. The number of aromatic nitrogens is 2. The maximum atomic E-state index is 5.58. The molecule has 0 aliphatic rings. The average Bonchev–Trinajstić information content (AvgIpc) is 2.98. The first-order valence-corrected chi connectivity index (χ1v) is 6.46.